The van der Waals surface area contributed by atoms with Crippen LogP contribution in [0.25, 0.3) is 10.9 Å². The first-order valence-corrected chi connectivity index (χ1v) is 12.4. The molecular formula is C30H31N3O5. The summed E-state index contributed by atoms with van der Waals surface area (Å²) in [4.78, 5) is 19.3. The lowest BCUT2D eigenvalue weighted by Gasteiger charge is -2.30. The van der Waals surface area contributed by atoms with Crippen LogP contribution in [0.15, 0.2) is 66.9 Å². The van der Waals surface area contributed by atoms with Crippen LogP contribution in [0.3, 0.4) is 0 Å². The fourth-order valence-electron chi connectivity index (χ4n) is 4.38. The zero-order chi connectivity index (χ0) is 26.9. The molecule has 3 aromatic carbocycles. The number of amides is 2. The molecule has 0 aliphatic carbocycles. The van der Waals surface area contributed by atoms with Crippen molar-refractivity contribution in [1.82, 2.24) is 4.98 Å². The summed E-state index contributed by atoms with van der Waals surface area (Å²) in [7, 11) is 3.17. The molecule has 0 atom stereocenters. The Morgan fingerprint density at radius 1 is 0.947 bits per heavy atom. The van der Waals surface area contributed by atoms with Crippen LogP contribution in [0.4, 0.5) is 16.2 Å². The highest BCUT2D eigenvalue weighted by atomic mass is 16.5. The van der Waals surface area contributed by atoms with Crippen molar-refractivity contribution in [3.05, 3.63) is 72.4 Å². The summed E-state index contributed by atoms with van der Waals surface area (Å²) >= 11 is 0. The minimum atomic E-state index is -0.215. The van der Waals surface area contributed by atoms with Crippen molar-refractivity contribution >= 4 is 28.3 Å². The van der Waals surface area contributed by atoms with Crippen LogP contribution in [0.1, 0.15) is 26.3 Å². The number of aromatic nitrogens is 1. The number of carbonyl (C=O) groups excluding carboxylic acids is 1. The predicted octanol–water partition coefficient (Wildman–Crippen LogP) is 6.77. The Labute approximate surface area is 222 Å². The fraction of sp³-hybridized carbons (Fsp3) is 0.267. The monoisotopic (exact) mass is 513 g/mol. The number of benzene rings is 3. The van der Waals surface area contributed by atoms with Crippen LogP contribution in [0.2, 0.25) is 0 Å². The molecule has 0 saturated carbocycles. The third-order valence-electron chi connectivity index (χ3n) is 6.48. The standard InChI is InChI=1S/C30H31N3O5/c1-30(2,3)19-6-8-20(9-7-19)32-29(34)33-14-15-37-26-16-21(10-11-24(26)33)38-25-12-13-31-23-18-28(36-5)27(35-4)17-22(23)25/h6-13,16-18H,14-15H2,1-5H3,(H,32,34). The highest BCUT2D eigenvalue weighted by Crippen LogP contribution is 2.40. The Hall–Kier alpha value is -4.46. The first-order valence-electron chi connectivity index (χ1n) is 12.4. The molecule has 0 fully saturated rings. The molecule has 1 aliphatic rings. The lowest BCUT2D eigenvalue weighted by atomic mass is 9.87. The number of urea groups is 1. The number of nitrogens with one attached hydrogen (secondary N) is 1. The molecule has 5 rings (SSSR count). The van der Waals surface area contributed by atoms with Gasteiger partial charge in [-0.1, -0.05) is 32.9 Å². The van der Waals surface area contributed by atoms with Crippen LogP contribution >= 0.6 is 0 Å². The van der Waals surface area contributed by atoms with Gasteiger partial charge in [-0.2, -0.15) is 0 Å². The number of hydrogen-bond acceptors (Lipinski definition) is 6. The SMILES string of the molecule is COc1cc2nccc(Oc3ccc4c(c3)OCCN4C(=O)Nc3ccc(C(C)(C)C)cc3)c2cc1OC. The van der Waals surface area contributed by atoms with Gasteiger partial charge in [0.25, 0.3) is 0 Å². The Balaban J connectivity index is 1.36. The highest BCUT2D eigenvalue weighted by molar-refractivity contribution is 6.03. The van der Waals surface area contributed by atoms with Crippen LogP contribution in [0, 0.1) is 0 Å². The molecule has 1 aliphatic heterocycles. The molecule has 0 radical (unpaired) electrons. The van der Waals surface area contributed by atoms with E-state index in [9.17, 15) is 4.79 Å². The number of rotatable bonds is 5. The van der Waals surface area contributed by atoms with Crippen LogP contribution in [-0.4, -0.2) is 38.4 Å². The molecule has 0 spiro atoms. The fourth-order valence-corrected chi connectivity index (χ4v) is 4.38. The van der Waals surface area contributed by atoms with Gasteiger partial charge in [0, 0.05) is 29.4 Å². The summed E-state index contributed by atoms with van der Waals surface area (Å²) < 4.78 is 23.0. The average molecular weight is 514 g/mol. The van der Waals surface area contributed by atoms with Crippen LogP contribution in [0.5, 0.6) is 28.7 Å². The van der Waals surface area contributed by atoms with Crippen molar-refractivity contribution in [2.75, 3.05) is 37.6 Å². The number of ether oxygens (including phenoxy) is 4. The van der Waals surface area contributed by atoms with Crippen molar-refractivity contribution in [3.8, 4) is 28.7 Å². The molecule has 8 heteroatoms. The lowest BCUT2D eigenvalue weighted by Crippen LogP contribution is -2.40. The molecule has 1 aromatic heterocycles. The molecule has 2 heterocycles. The number of pyridine rings is 1. The van der Waals surface area contributed by atoms with Gasteiger partial charge < -0.3 is 24.3 Å². The number of hydrogen-bond donors (Lipinski definition) is 1. The minimum absolute atomic E-state index is 0.0486. The lowest BCUT2D eigenvalue weighted by molar-refractivity contribution is 0.250. The summed E-state index contributed by atoms with van der Waals surface area (Å²) in [6.45, 7) is 7.30. The van der Waals surface area contributed by atoms with E-state index in [2.05, 4.69) is 31.1 Å². The molecule has 4 aromatic rings. The Bertz CT molecular complexity index is 1480. The normalized spacial score (nSPS) is 12.9. The molecule has 0 bridgehead atoms. The number of fused-ring (bicyclic) bond motifs is 2. The number of carbonyl (C=O) groups is 1. The van der Waals surface area contributed by atoms with Gasteiger partial charge in [-0.15, -0.1) is 0 Å². The van der Waals surface area contributed by atoms with E-state index >= 15 is 0 Å². The van der Waals surface area contributed by atoms with E-state index in [0.29, 0.717) is 53.1 Å². The van der Waals surface area contributed by atoms with Gasteiger partial charge in [-0.05, 0) is 47.4 Å². The van der Waals surface area contributed by atoms with Gasteiger partial charge in [0.1, 0.15) is 23.9 Å². The van der Waals surface area contributed by atoms with Crippen molar-refractivity contribution in [2.45, 2.75) is 26.2 Å². The molecule has 38 heavy (non-hydrogen) atoms. The molecule has 2 amide bonds. The maximum atomic E-state index is 13.1. The van der Waals surface area contributed by atoms with Crippen LogP contribution in [-0.2, 0) is 5.41 Å². The van der Waals surface area contributed by atoms with E-state index in [1.54, 1.807) is 37.4 Å². The van der Waals surface area contributed by atoms with Gasteiger partial charge in [0.05, 0.1) is 32.0 Å². The molecule has 0 unspecified atom stereocenters. The van der Waals surface area contributed by atoms with Gasteiger partial charge in [0.2, 0.25) is 0 Å². The Morgan fingerprint density at radius 3 is 2.39 bits per heavy atom. The Morgan fingerprint density at radius 2 is 1.68 bits per heavy atom. The van der Waals surface area contributed by atoms with E-state index in [4.69, 9.17) is 18.9 Å². The smallest absolute Gasteiger partial charge is 0.326 e. The molecule has 8 nitrogen and oxygen atoms in total. The van der Waals surface area contributed by atoms with Crippen molar-refractivity contribution in [1.29, 1.82) is 0 Å². The second-order valence-electron chi connectivity index (χ2n) is 10.0. The van der Waals surface area contributed by atoms with Crippen molar-refractivity contribution in [2.24, 2.45) is 0 Å². The third kappa shape index (κ3) is 5.02. The summed E-state index contributed by atoms with van der Waals surface area (Å²) in [5.74, 6) is 2.94. The number of methoxy groups -OCH3 is 2. The number of nitrogens with zero attached hydrogens (tertiary/aromatic N) is 2. The first-order chi connectivity index (χ1) is 18.3. The summed E-state index contributed by atoms with van der Waals surface area (Å²) in [6, 6.07) is 18.6. The molecule has 1 N–H and O–H groups in total. The number of anilines is 2. The van der Waals surface area contributed by atoms with E-state index in [1.807, 2.05) is 48.5 Å². The maximum absolute atomic E-state index is 13.1. The predicted molar refractivity (Wildman–Crippen MR) is 148 cm³/mol. The second kappa shape index (κ2) is 10.1. The maximum Gasteiger partial charge on any atom is 0.326 e. The van der Waals surface area contributed by atoms with Gasteiger partial charge >= 0.3 is 6.03 Å². The van der Waals surface area contributed by atoms with E-state index in [-0.39, 0.29) is 11.4 Å². The van der Waals surface area contributed by atoms with E-state index < -0.39 is 0 Å². The van der Waals surface area contributed by atoms with Crippen molar-refractivity contribution < 1.29 is 23.7 Å². The molecular weight excluding hydrogens is 482 g/mol. The van der Waals surface area contributed by atoms with Gasteiger partial charge in [-0.3, -0.25) is 9.88 Å². The van der Waals surface area contributed by atoms with Crippen molar-refractivity contribution in [3.63, 3.8) is 0 Å². The van der Waals surface area contributed by atoms with Gasteiger partial charge in [0.15, 0.2) is 11.5 Å². The second-order valence-corrected chi connectivity index (χ2v) is 10.0. The first kappa shape index (κ1) is 25.2. The van der Waals surface area contributed by atoms with E-state index in [0.717, 1.165) is 11.1 Å². The van der Waals surface area contributed by atoms with Gasteiger partial charge in [-0.25, -0.2) is 4.79 Å². The minimum Gasteiger partial charge on any atom is -0.493 e. The quantitative estimate of drug-likeness (QED) is 0.317. The average Bonchev–Trinajstić information content (AvgIpc) is 2.91. The summed E-state index contributed by atoms with van der Waals surface area (Å²) in [5.41, 5.74) is 3.39. The zero-order valence-corrected chi connectivity index (χ0v) is 22.2. The van der Waals surface area contributed by atoms with Crippen LogP contribution < -0.4 is 29.2 Å². The molecule has 0 saturated heterocycles. The molecule has 196 valence electrons. The summed E-state index contributed by atoms with van der Waals surface area (Å²) in [5, 5.41) is 3.78. The Kier molecular flexibility index (Phi) is 6.72. The largest absolute Gasteiger partial charge is 0.493 e. The third-order valence-corrected chi connectivity index (χ3v) is 6.48. The van der Waals surface area contributed by atoms with E-state index in [1.165, 1.54) is 5.56 Å². The highest BCUT2D eigenvalue weighted by Gasteiger charge is 2.25. The summed E-state index contributed by atoms with van der Waals surface area (Å²) in [6.07, 6.45) is 1.68. The zero-order valence-electron chi connectivity index (χ0n) is 22.2. The topological polar surface area (TPSA) is 82.2 Å².